The molecule has 1 heterocycles. The third-order valence-electron chi connectivity index (χ3n) is 3.70. The molecule has 0 spiro atoms. The molecule has 0 aliphatic carbocycles. The van der Waals surface area contributed by atoms with Crippen molar-refractivity contribution in [1.82, 2.24) is 9.71 Å². The number of nitrogens with one attached hydrogen (secondary N) is 1. The smallest absolute Gasteiger partial charge is 0.241 e. The maximum absolute atomic E-state index is 12.7. The Kier molecular flexibility index (Phi) is 4.86. The van der Waals surface area contributed by atoms with Crippen LogP contribution in [0.3, 0.4) is 0 Å². The van der Waals surface area contributed by atoms with Crippen molar-refractivity contribution in [2.45, 2.75) is 37.1 Å². The topological polar surface area (TPSA) is 59.1 Å². The summed E-state index contributed by atoms with van der Waals surface area (Å²) in [7, 11) is -3.63. The molecule has 1 N–H and O–H groups in total. The van der Waals surface area contributed by atoms with Crippen LogP contribution in [0.1, 0.15) is 26.7 Å². The summed E-state index contributed by atoms with van der Waals surface area (Å²) in [5.41, 5.74) is 0.112. The van der Waals surface area contributed by atoms with E-state index in [1.165, 1.54) is 0 Å². The third kappa shape index (κ3) is 3.54. The molecule has 0 bridgehead atoms. The minimum atomic E-state index is -3.63. The number of rotatable bonds is 6. The van der Waals surface area contributed by atoms with Crippen molar-refractivity contribution in [1.29, 1.82) is 0 Å². The summed E-state index contributed by atoms with van der Waals surface area (Å²) in [4.78, 5) is 4.45. The number of fused-ring (bicyclic) bond motifs is 1. The standard InChI is InChI=1S/C15H19ClN2O2S/c1-3-15(2,9-10-16)18-21(19,20)14-8-4-7-13-12(14)6-5-11-17-13/h4-8,11,18H,3,9-10H2,1-2H3. The zero-order valence-corrected chi connectivity index (χ0v) is 13.7. The van der Waals surface area contributed by atoms with Crippen LogP contribution in [-0.2, 0) is 10.0 Å². The fourth-order valence-electron chi connectivity index (χ4n) is 2.20. The second kappa shape index (κ2) is 6.30. The number of pyridine rings is 1. The number of alkyl halides is 1. The SMILES string of the molecule is CCC(C)(CCCl)NS(=O)(=O)c1cccc2ncccc12. The minimum absolute atomic E-state index is 0.252. The Balaban J connectivity index is 2.47. The van der Waals surface area contributed by atoms with Gasteiger partial charge in [0, 0.05) is 23.0 Å². The molecular formula is C15H19ClN2O2S. The molecule has 6 heteroatoms. The van der Waals surface area contributed by atoms with Crippen LogP contribution in [0.4, 0.5) is 0 Å². The van der Waals surface area contributed by atoms with E-state index in [9.17, 15) is 8.42 Å². The number of hydrogen-bond donors (Lipinski definition) is 1. The summed E-state index contributed by atoms with van der Waals surface area (Å²) in [5, 5.41) is 0.622. The van der Waals surface area contributed by atoms with Gasteiger partial charge in [0.1, 0.15) is 0 Å². The van der Waals surface area contributed by atoms with Crippen molar-refractivity contribution >= 4 is 32.5 Å². The summed E-state index contributed by atoms with van der Waals surface area (Å²) >= 11 is 5.79. The monoisotopic (exact) mass is 326 g/mol. The third-order valence-corrected chi connectivity index (χ3v) is 5.59. The molecule has 2 rings (SSSR count). The van der Waals surface area contributed by atoms with E-state index in [2.05, 4.69) is 9.71 Å². The zero-order valence-electron chi connectivity index (χ0n) is 12.1. The first kappa shape index (κ1) is 16.2. The van der Waals surface area contributed by atoms with E-state index in [1.54, 1.807) is 36.5 Å². The Morgan fingerprint density at radius 1 is 1.29 bits per heavy atom. The molecule has 0 amide bonds. The Morgan fingerprint density at radius 3 is 2.71 bits per heavy atom. The van der Waals surface area contributed by atoms with Gasteiger partial charge in [-0.15, -0.1) is 11.6 Å². The maximum Gasteiger partial charge on any atom is 0.241 e. The normalized spacial score (nSPS) is 15.0. The van der Waals surface area contributed by atoms with Gasteiger partial charge in [0.25, 0.3) is 0 Å². The highest BCUT2D eigenvalue weighted by molar-refractivity contribution is 7.89. The molecule has 21 heavy (non-hydrogen) atoms. The summed E-state index contributed by atoms with van der Waals surface area (Å²) in [6.45, 7) is 3.82. The van der Waals surface area contributed by atoms with Crippen molar-refractivity contribution in [3.05, 3.63) is 36.5 Å². The van der Waals surface area contributed by atoms with Crippen molar-refractivity contribution < 1.29 is 8.42 Å². The molecule has 114 valence electrons. The maximum atomic E-state index is 12.7. The van der Waals surface area contributed by atoms with Crippen LogP contribution in [0.15, 0.2) is 41.4 Å². The van der Waals surface area contributed by atoms with Crippen LogP contribution in [-0.4, -0.2) is 24.8 Å². The molecule has 0 aliphatic heterocycles. The van der Waals surface area contributed by atoms with Gasteiger partial charge in [0.15, 0.2) is 0 Å². The lowest BCUT2D eigenvalue weighted by Gasteiger charge is -2.28. The van der Waals surface area contributed by atoms with Gasteiger partial charge in [-0.25, -0.2) is 13.1 Å². The predicted molar refractivity (Wildman–Crippen MR) is 86.1 cm³/mol. The summed E-state index contributed by atoms with van der Waals surface area (Å²) in [5.74, 6) is 0.407. The lowest BCUT2D eigenvalue weighted by Crippen LogP contribution is -2.45. The number of benzene rings is 1. The average Bonchev–Trinajstić information content (AvgIpc) is 2.46. The van der Waals surface area contributed by atoms with Crippen LogP contribution in [0.5, 0.6) is 0 Å². The number of sulfonamides is 1. The van der Waals surface area contributed by atoms with Crippen LogP contribution in [0.25, 0.3) is 10.9 Å². The van der Waals surface area contributed by atoms with Gasteiger partial charge in [0.05, 0.1) is 10.4 Å². The van der Waals surface area contributed by atoms with Crippen molar-refractivity contribution in [3.63, 3.8) is 0 Å². The van der Waals surface area contributed by atoms with Crippen LogP contribution >= 0.6 is 11.6 Å². The molecule has 1 aromatic heterocycles. The van der Waals surface area contributed by atoms with Crippen molar-refractivity contribution in [2.24, 2.45) is 0 Å². The summed E-state index contributed by atoms with van der Waals surface area (Å²) < 4.78 is 28.2. The van der Waals surface area contributed by atoms with Crippen LogP contribution in [0, 0.1) is 0 Å². The molecule has 1 aromatic carbocycles. The number of aromatic nitrogens is 1. The van der Waals surface area contributed by atoms with Gasteiger partial charge in [-0.05, 0) is 44.0 Å². The molecule has 4 nitrogen and oxygen atoms in total. The first-order valence-corrected chi connectivity index (χ1v) is 8.87. The molecule has 1 unspecified atom stereocenters. The van der Waals surface area contributed by atoms with Crippen molar-refractivity contribution in [2.75, 3.05) is 5.88 Å². The van der Waals surface area contributed by atoms with E-state index in [-0.39, 0.29) is 4.90 Å². The van der Waals surface area contributed by atoms with E-state index < -0.39 is 15.6 Å². The van der Waals surface area contributed by atoms with E-state index >= 15 is 0 Å². The number of nitrogens with zero attached hydrogens (tertiary/aromatic N) is 1. The molecule has 0 fully saturated rings. The van der Waals surface area contributed by atoms with Gasteiger partial charge in [0.2, 0.25) is 10.0 Å². The van der Waals surface area contributed by atoms with E-state index in [1.807, 2.05) is 13.8 Å². The summed E-state index contributed by atoms with van der Waals surface area (Å²) in [6, 6.07) is 8.60. The highest BCUT2D eigenvalue weighted by atomic mass is 35.5. The number of halogens is 1. The molecule has 2 aromatic rings. The highest BCUT2D eigenvalue weighted by Gasteiger charge is 2.29. The Labute approximate surface area is 130 Å². The van der Waals surface area contributed by atoms with E-state index in [0.29, 0.717) is 29.6 Å². The van der Waals surface area contributed by atoms with Crippen molar-refractivity contribution in [3.8, 4) is 0 Å². The first-order chi connectivity index (χ1) is 9.92. The molecule has 0 saturated carbocycles. The quantitative estimate of drug-likeness (QED) is 0.828. The van der Waals surface area contributed by atoms with Crippen LogP contribution < -0.4 is 4.72 Å². The molecule has 0 saturated heterocycles. The lowest BCUT2D eigenvalue weighted by atomic mass is 9.97. The van der Waals surface area contributed by atoms with Gasteiger partial charge >= 0.3 is 0 Å². The van der Waals surface area contributed by atoms with E-state index in [0.717, 1.165) is 0 Å². The molecule has 1 atom stereocenters. The zero-order chi connectivity index (χ0) is 15.5. The number of hydrogen-bond acceptors (Lipinski definition) is 3. The second-order valence-corrected chi connectivity index (χ2v) is 7.31. The van der Waals surface area contributed by atoms with Gasteiger partial charge < -0.3 is 0 Å². The summed E-state index contributed by atoms with van der Waals surface area (Å²) in [6.07, 6.45) is 2.89. The van der Waals surface area contributed by atoms with E-state index in [4.69, 9.17) is 11.6 Å². The molecule has 0 aliphatic rings. The predicted octanol–water partition coefficient (Wildman–Crippen LogP) is 3.31. The fourth-order valence-corrected chi connectivity index (χ4v) is 4.34. The van der Waals surface area contributed by atoms with Gasteiger partial charge in [-0.2, -0.15) is 0 Å². The Bertz CT molecular complexity index is 728. The average molecular weight is 327 g/mol. The second-order valence-electron chi connectivity index (χ2n) is 5.28. The van der Waals surface area contributed by atoms with Gasteiger partial charge in [-0.1, -0.05) is 13.0 Å². The molecular weight excluding hydrogens is 308 g/mol. The highest BCUT2D eigenvalue weighted by Crippen LogP contribution is 2.24. The first-order valence-electron chi connectivity index (χ1n) is 6.85. The Hall–Kier alpha value is -1.17. The minimum Gasteiger partial charge on any atom is -0.256 e. The Morgan fingerprint density at radius 2 is 2.05 bits per heavy atom. The van der Waals surface area contributed by atoms with Gasteiger partial charge in [-0.3, -0.25) is 4.98 Å². The molecule has 0 radical (unpaired) electrons. The lowest BCUT2D eigenvalue weighted by molar-refractivity contribution is 0.391. The fraction of sp³-hybridized carbons (Fsp3) is 0.400. The largest absolute Gasteiger partial charge is 0.256 e. The van der Waals surface area contributed by atoms with Crippen LogP contribution in [0.2, 0.25) is 0 Å².